The molecule has 0 spiro atoms. The minimum atomic E-state index is -0.176. The number of rotatable bonds is 5. The van der Waals surface area contributed by atoms with Crippen LogP contribution in [0, 0.1) is 6.92 Å². The molecule has 25 heavy (non-hydrogen) atoms. The molecule has 0 radical (unpaired) electrons. The fourth-order valence-electron chi connectivity index (χ4n) is 2.26. The third-order valence-electron chi connectivity index (χ3n) is 3.64. The molecular formula is C19H17BrN4O. The summed E-state index contributed by atoms with van der Waals surface area (Å²) in [5, 5.41) is 6.13. The second-order valence-corrected chi connectivity index (χ2v) is 6.45. The van der Waals surface area contributed by atoms with E-state index in [0.29, 0.717) is 12.1 Å². The van der Waals surface area contributed by atoms with Gasteiger partial charge >= 0.3 is 0 Å². The lowest BCUT2D eigenvalue weighted by Gasteiger charge is -2.10. The van der Waals surface area contributed by atoms with Crippen LogP contribution in [0.4, 0.5) is 11.4 Å². The van der Waals surface area contributed by atoms with Crippen molar-refractivity contribution >= 4 is 33.2 Å². The van der Waals surface area contributed by atoms with Crippen molar-refractivity contribution in [1.82, 2.24) is 15.3 Å². The van der Waals surface area contributed by atoms with E-state index in [9.17, 15) is 4.79 Å². The summed E-state index contributed by atoms with van der Waals surface area (Å²) < 4.78 is 1.02. The number of halogens is 1. The molecule has 1 aromatic carbocycles. The van der Waals surface area contributed by atoms with Crippen molar-refractivity contribution in [2.75, 3.05) is 5.32 Å². The van der Waals surface area contributed by atoms with Crippen LogP contribution in [0.3, 0.4) is 0 Å². The first-order chi connectivity index (χ1) is 12.1. The van der Waals surface area contributed by atoms with E-state index in [1.807, 2.05) is 37.3 Å². The van der Waals surface area contributed by atoms with E-state index >= 15 is 0 Å². The predicted molar refractivity (Wildman–Crippen MR) is 102 cm³/mol. The summed E-state index contributed by atoms with van der Waals surface area (Å²) in [6, 6.07) is 11.5. The monoisotopic (exact) mass is 396 g/mol. The van der Waals surface area contributed by atoms with Crippen LogP contribution in [-0.4, -0.2) is 15.9 Å². The van der Waals surface area contributed by atoms with Crippen LogP contribution in [-0.2, 0) is 6.54 Å². The molecule has 0 saturated carbocycles. The number of benzene rings is 1. The Morgan fingerprint density at radius 1 is 1.08 bits per heavy atom. The summed E-state index contributed by atoms with van der Waals surface area (Å²) >= 11 is 3.51. The lowest BCUT2D eigenvalue weighted by molar-refractivity contribution is 0.0950. The molecule has 0 aliphatic heterocycles. The molecular weight excluding hydrogens is 380 g/mol. The van der Waals surface area contributed by atoms with Crippen molar-refractivity contribution in [1.29, 1.82) is 0 Å². The topological polar surface area (TPSA) is 66.9 Å². The minimum Gasteiger partial charge on any atom is -0.354 e. The molecule has 0 atom stereocenters. The number of hydrogen-bond acceptors (Lipinski definition) is 4. The first kappa shape index (κ1) is 17.1. The Kier molecular flexibility index (Phi) is 5.40. The molecule has 1 amide bonds. The van der Waals surface area contributed by atoms with Gasteiger partial charge in [-0.05, 0) is 42.3 Å². The van der Waals surface area contributed by atoms with E-state index in [1.165, 1.54) is 0 Å². The van der Waals surface area contributed by atoms with Gasteiger partial charge in [0.25, 0.3) is 5.91 Å². The first-order valence-electron chi connectivity index (χ1n) is 7.77. The zero-order valence-corrected chi connectivity index (χ0v) is 15.2. The number of anilines is 2. The predicted octanol–water partition coefficient (Wildman–Crippen LogP) is 4.22. The quantitative estimate of drug-likeness (QED) is 0.677. The van der Waals surface area contributed by atoms with Gasteiger partial charge in [0, 0.05) is 35.3 Å². The number of nitrogens with one attached hydrogen (secondary N) is 2. The van der Waals surface area contributed by atoms with Crippen LogP contribution in [0.2, 0.25) is 0 Å². The molecule has 2 heterocycles. The molecule has 0 unspecified atom stereocenters. The maximum Gasteiger partial charge on any atom is 0.253 e. The van der Waals surface area contributed by atoms with E-state index < -0.39 is 0 Å². The van der Waals surface area contributed by atoms with Crippen LogP contribution < -0.4 is 10.6 Å². The minimum absolute atomic E-state index is 0.176. The van der Waals surface area contributed by atoms with Crippen LogP contribution in [0.15, 0.2) is 65.7 Å². The molecule has 0 aliphatic rings. The number of nitrogens with zero attached hydrogens (tertiary/aromatic N) is 2. The van der Waals surface area contributed by atoms with Gasteiger partial charge in [0.15, 0.2) is 0 Å². The molecule has 5 nitrogen and oxygen atoms in total. The van der Waals surface area contributed by atoms with Gasteiger partial charge in [0.1, 0.15) is 0 Å². The molecule has 126 valence electrons. The Morgan fingerprint density at radius 2 is 1.96 bits per heavy atom. The summed E-state index contributed by atoms with van der Waals surface area (Å²) in [5.41, 5.74) is 4.28. The molecule has 6 heteroatoms. The number of pyridine rings is 2. The molecule has 0 saturated heterocycles. The molecule has 0 fully saturated rings. The van der Waals surface area contributed by atoms with Crippen LogP contribution in [0.1, 0.15) is 21.5 Å². The fourth-order valence-corrected chi connectivity index (χ4v) is 2.64. The molecule has 0 bridgehead atoms. The lowest BCUT2D eigenvalue weighted by atomic mass is 10.2. The van der Waals surface area contributed by atoms with Crippen molar-refractivity contribution in [2.24, 2.45) is 0 Å². The van der Waals surface area contributed by atoms with Crippen LogP contribution in [0.25, 0.3) is 0 Å². The van der Waals surface area contributed by atoms with Gasteiger partial charge in [0.05, 0.1) is 17.4 Å². The Bertz CT molecular complexity index is 884. The Balaban J connectivity index is 1.68. The van der Waals surface area contributed by atoms with Gasteiger partial charge in [-0.2, -0.15) is 0 Å². The number of carbonyl (C=O) groups is 1. The normalized spacial score (nSPS) is 10.3. The number of aromatic nitrogens is 2. The second kappa shape index (κ2) is 7.90. The molecule has 2 aromatic heterocycles. The standard InChI is InChI=1S/C19H17BrN4O/c1-13-4-5-16(8-18(13)20)24-17-7-15(11-22-12-17)19(25)23-10-14-3-2-6-21-9-14/h2-9,11-12,24H,10H2,1H3,(H,23,25). The van der Waals surface area contributed by atoms with E-state index in [1.54, 1.807) is 30.9 Å². The third-order valence-corrected chi connectivity index (χ3v) is 4.49. The molecule has 3 aromatic rings. The summed E-state index contributed by atoms with van der Waals surface area (Å²) in [6.45, 7) is 2.46. The number of aryl methyl sites for hydroxylation is 1. The third kappa shape index (κ3) is 4.64. The lowest BCUT2D eigenvalue weighted by Crippen LogP contribution is -2.23. The Morgan fingerprint density at radius 3 is 2.72 bits per heavy atom. The van der Waals surface area contributed by atoms with Gasteiger partial charge in [0.2, 0.25) is 0 Å². The van der Waals surface area contributed by atoms with Crippen molar-refractivity contribution in [2.45, 2.75) is 13.5 Å². The van der Waals surface area contributed by atoms with Crippen LogP contribution >= 0.6 is 15.9 Å². The fraction of sp³-hybridized carbons (Fsp3) is 0.105. The average molecular weight is 397 g/mol. The van der Waals surface area contributed by atoms with Crippen molar-refractivity contribution in [3.8, 4) is 0 Å². The number of amides is 1. The van der Waals surface area contributed by atoms with E-state index in [-0.39, 0.29) is 5.91 Å². The van der Waals surface area contributed by atoms with Gasteiger partial charge < -0.3 is 10.6 Å². The zero-order valence-electron chi connectivity index (χ0n) is 13.7. The van der Waals surface area contributed by atoms with Gasteiger partial charge in [-0.1, -0.05) is 28.1 Å². The highest BCUT2D eigenvalue weighted by atomic mass is 79.9. The Hall–Kier alpha value is -2.73. The smallest absolute Gasteiger partial charge is 0.253 e. The Labute approximate surface area is 154 Å². The molecule has 2 N–H and O–H groups in total. The highest BCUT2D eigenvalue weighted by molar-refractivity contribution is 9.10. The highest BCUT2D eigenvalue weighted by Gasteiger charge is 2.07. The average Bonchev–Trinajstić information content (AvgIpc) is 2.64. The summed E-state index contributed by atoms with van der Waals surface area (Å²) in [5.74, 6) is -0.176. The number of hydrogen-bond donors (Lipinski definition) is 2. The van der Waals surface area contributed by atoms with Crippen molar-refractivity contribution in [3.05, 3.63) is 82.3 Å². The van der Waals surface area contributed by atoms with E-state index in [0.717, 1.165) is 27.0 Å². The largest absolute Gasteiger partial charge is 0.354 e. The maximum absolute atomic E-state index is 12.3. The van der Waals surface area contributed by atoms with Gasteiger partial charge in [-0.15, -0.1) is 0 Å². The summed E-state index contributed by atoms with van der Waals surface area (Å²) in [4.78, 5) is 20.5. The highest BCUT2D eigenvalue weighted by Crippen LogP contribution is 2.23. The van der Waals surface area contributed by atoms with Gasteiger partial charge in [-0.3, -0.25) is 14.8 Å². The zero-order chi connectivity index (χ0) is 17.6. The SMILES string of the molecule is Cc1ccc(Nc2cncc(C(=O)NCc3cccnc3)c2)cc1Br. The van der Waals surface area contributed by atoms with E-state index in [4.69, 9.17) is 0 Å². The van der Waals surface area contributed by atoms with E-state index in [2.05, 4.69) is 36.5 Å². The van der Waals surface area contributed by atoms with Crippen molar-refractivity contribution in [3.63, 3.8) is 0 Å². The summed E-state index contributed by atoms with van der Waals surface area (Å²) in [7, 11) is 0. The summed E-state index contributed by atoms with van der Waals surface area (Å²) in [6.07, 6.45) is 6.67. The van der Waals surface area contributed by atoms with Crippen LogP contribution in [0.5, 0.6) is 0 Å². The van der Waals surface area contributed by atoms with Gasteiger partial charge in [-0.25, -0.2) is 0 Å². The molecule has 0 aliphatic carbocycles. The van der Waals surface area contributed by atoms with Crippen molar-refractivity contribution < 1.29 is 4.79 Å². The maximum atomic E-state index is 12.3. The first-order valence-corrected chi connectivity index (χ1v) is 8.56. The second-order valence-electron chi connectivity index (χ2n) is 5.60. The number of carbonyl (C=O) groups excluding carboxylic acids is 1. The molecule has 3 rings (SSSR count).